The zero-order valence-corrected chi connectivity index (χ0v) is 7.96. The highest BCUT2D eigenvalue weighted by Gasteiger charge is 2.17. The number of ether oxygens (including phenoxy) is 1. The lowest BCUT2D eigenvalue weighted by Gasteiger charge is -2.22. The highest BCUT2D eigenvalue weighted by atomic mass is 16.5. The molecule has 72 valence electrons. The molecule has 1 saturated heterocycles. The normalized spacial score (nSPS) is 23.8. The molecule has 0 aromatic carbocycles. The van der Waals surface area contributed by atoms with Crippen molar-refractivity contribution in [2.24, 2.45) is 5.73 Å². The Bertz CT molecular complexity index is 113. The molecule has 0 aliphatic carbocycles. The Morgan fingerprint density at radius 3 is 2.92 bits per heavy atom. The van der Waals surface area contributed by atoms with Crippen LogP contribution in [-0.2, 0) is 4.74 Å². The van der Waals surface area contributed by atoms with E-state index in [1.54, 1.807) is 0 Å². The van der Waals surface area contributed by atoms with Crippen molar-refractivity contribution >= 4 is 0 Å². The Labute approximate surface area is 74.9 Å². The van der Waals surface area contributed by atoms with Crippen molar-refractivity contribution < 1.29 is 4.74 Å². The molecule has 1 rings (SSSR count). The third kappa shape index (κ3) is 3.09. The number of hydrogen-bond acceptors (Lipinski definition) is 3. The van der Waals surface area contributed by atoms with Crippen molar-refractivity contribution in [2.75, 3.05) is 32.8 Å². The van der Waals surface area contributed by atoms with E-state index >= 15 is 0 Å². The lowest BCUT2D eigenvalue weighted by atomic mass is 10.2. The molecule has 0 radical (unpaired) electrons. The molecule has 3 nitrogen and oxygen atoms in total. The summed E-state index contributed by atoms with van der Waals surface area (Å²) in [4.78, 5) is 2.36. The van der Waals surface area contributed by atoms with Gasteiger partial charge in [0.2, 0.25) is 0 Å². The number of hydrogen-bond donors (Lipinski definition) is 1. The van der Waals surface area contributed by atoms with Crippen LogP contribution >= 0.6 is 0 Å². The first-order valence-electron chi connectivity index (χ1n) is 4.90. The van der Waals surface area contributed by atoms with Gasteiger partial charge in [0.25, 0.3) is 0 Å². The molecule has 0 aromatic heterocycles. The van der Waals surface area contributed by atoms with Crippen molar-refractivity contribution in [1.82, 2.24) is 4.90 Å². The van der Waals surface area contributed by atoms with Crippen molar-refractivity contribution in [3.05, 3.63) is 0 Å². The molecule has 0 bridgehead atoms. The Kier molecular flexibility index (Phi) is 4.58. The molecule has 0 spiro atoms. The van der Waals surface area contributed by atoms with Crippen LogP contribution in [0.4, 0.5) is 0 Å². The maximum Gasteiger partial charge on any atom is 0.0702 e. The summed E-state index contributed by atoms with van der Waals surface area (Å²) in [6.45, 7) is 7.01. The summed E-state index contributed by atoms with van der Waals surface area (Å²) in [5.41, 5.74) is 5.50. The summed E-state index contributed by atoms with van der Waals surface area (Å²) in [6, 6.07) is 0. The maximum absolute atomic E-state index is 5.55. The van der Waals surface area contributed by atoms with Crippen LogP contribution in [0.2, 0.25) is 0 Å². The Balaban J connectivity index is 2.16. The van der Waals surface area contributed by atoms with Gasteiger partial charge in [-0.2, -0.15) is 0 Å². The van der Waals surface area contributed by atoms with E-state index in [-0.39, 0.29) is 0 Å². The highest BCUT2D eigenvalue weighted by Crippen LogP contribution is 2.12. The Morgan fingerprint density at radius 1 is 1.58 bits per heavy atom. The van der Waals surface area contributed by atoms with Gasteiger partial charge in [-0.15, -0.1) is 0 Å². The van der Waals surface area contributed by atoms with E-state index in [1.165, 1.54) is 12.8 Å². The van der Waals surface area contributed by atoms with Gasteiger partial charge in [0.15, 0.2) is 0 Å². The van der Waals surface area contributed by atoms with E-state index in [0.29, 0.717) is 6.10 Å². The number of nitrogens with two attached hydrogens (primary N) is 1. The molecular weight excluding hydrogens is 152 g/mol. The lowest BCUT2D eigenvalue weighted by molar-refractivity contribution is 0.0758. The summed E-state index contributed by atoms with van der Waals surface area (Å²) < 4.78 is 5.55. The van der Waals surface area contributed by atoms with Crippen molar-refractivity contribution in [1.29, 1.82) is 0 Å². The fourth-order valence-electron chi connectivity index (χ4n) is 1.64. The largest absolute Gasteiger partial charge is 0.377 e. The molecule has 1 aliphatic heterocycles. The van der Waals surface area contributed by atoms with Gasteiger partial charge in [-0.25, -0.2) is 0 Å². The van der Waals surface area contributed by atoms with E-state index < -0.39 is 0 Å². The molecule has 3 heteroatoms. The highest BCUT2D eigenvalue weighted by molar-refractivity contribution is 4.69. The standard InChI is InChI=1S/C9H20N2O/c1-2-11(6-5-10)8-9-4-3-7-12-9/h9H,2-8,10H2,1H3/t9-/m1/s1. The molecule has 0 aromatic rings. The van der Waals surface area contributed by atoms with Crippen LogP contribution in [0.15, 0.2) is 0 Å². The summed E-state index contributed by atoms with van der Waals surface area (Å²) in [7, 11) is 0. The average molecular weight is 172 g/mol. The first kappa shape index (κ1) is 9.96. The van der Waals surface area contributed by atoms with E-state index in [9.17, 15) is 0 Å². The second-order valence-corrected chi connectivity index (χ2v) is 3.32. The van der Waals surface area contributed by atoms with Gasteiger partial charge in [0, 0.05) is 26.2 Å². The number of likely N-dealkylation sites (N-methyl/N-ethyl adjacent to an activating group) is 1. The van der Waals surface area contributed by atoms with E-state index in [0.717, 1.165) is 32.8 Å². The molecule has 0 amide bonds. The molecular formula is C9H20N2O. The Hall–Kier alpha value is -0.120. The first-order chi connectivity index (χ1) is 5.86. The zero-order valence-electron chi connectivity index (χ0n) is 7.96. The predicted molar refractivity (Wildman–Crippen MR) is 50.1 cm³/mol. The molecule has 0 saturated carbocycles. The van der Waals surface area contributed by atoms with Gasteiger partial charge >= 0.3 is 0 Å². The topological polar surface area (TPSA) is 38.5 Å². The Morgan fingerprint density at radius 2 is 2.42 bits per heavy atom. The minimum absolute atomic E-state index is 0.469. The monoisotopic (exact) mass is 172 g/mol. The van der Waals surface area contributed by atoms with E-state index in [4.69, 9.17) is 10.5 Å². The molecule has 1 aliphatic rings. The number of nitrogens with zero attached hydrogens (tertiary/aromatic N) is 1. The van der Waals surface area contributed by atoms with Crippen molar-refractivity contribution in [3.63, 3.8) is 0 Å². The van der Waals surface area contributed by atoms with Crippen LogP contribution in [0.3, 0.4) is 0 Å². The summed E-state index contributed by atoms with van der Waals surface area (Å²) in [6.07, 6.45) is 2.92. The predicted octanol–water partition coefficient (Wildman–Crippen LogP) is 0.446. The van der Waals surface area contributed by atoms with Gasteiger partial charge in [0.05, 0.1) is 6.10 Å². The molecule has 12 heavy (non-hydrogen) atoms. The fourth-order valence-corrected chi connectivity index (χ4v) is 1.64. The van der Waals surface area contributed by atoms with Crippen molar-refractivity contribution in [2.45, 2.75) is 25.9 Å². The lowest BCUT2D eigenvalue weighted by Crippen LogP contribution is -2.35. The van der Waals surface area contributed by atoms with Crippen LogP contribution in [0.25, 0.3) is 0 Å². The van der Waals surface area contributed by atoms with E-state index in [2.05, 4.69) is 11.8 Å². The SMILES string of the molecule is CCN(CCN)C[C@H]1CCCO1. The van der Waals surface area contributed by atoms with Gasteiger partial charge in [-0.1, -0.05) is 6.92 Å². The smallest absolute Gasteiger partial charge is 0.0702 e. The molecule has 1 atom stereocenters. The maximum atomic E-state index is 5.55. The van der Waals surface area contributed by atoms with Gasteiger partial charge in [0.1, 0.15) is 0 Å². The van der Waals surface area contributed by atoms with Crippen molar-refractivity contribution in [3.8, 4) is 0 Å². The fraction of sp³-hybridized carbons (Fsp3) is 1.00. The first-order valence-corrected chi connectivity index (χ1v) is 4.90. The average Bonchev–Trinajstić information content (AvgIpc) is 2.56. The van der Waals surface area contributed by atoms with Crippen LogP contribution in [0.1, 0.15) is 19.8 Å². The van der Waals surface area contributed by atoms with Crippen LogP contribution < -0.4 is 5.73 Å². The minimum Gasteiger partial charge on any atom is -0.377 e. The van der Waals surface area contributed by atoms with Gasteiger partial charge in [-0.05, 0) is 19.4 Å². The molecule has 1 fully saturated rings. The van der Waals surface area contributed by atoms with E-state index in [1.807, 2.05) is 0 Å². The van der Waals surface area contributed by atoms with Crippen LogP contribution in [0, 0.1) is 0 Å². The third-order valence-corrected chi connectivity index (χ3v) is 2.38. The summed E-state index contributed by atoms with van der Waals surface area (Å²) >= 11 is 0. The summed E-state index contributed by atoms with van der Waals surface area (Å²) in [5.74, 6) is 0. The second kappa shape index (κ2) is 5.51. The van der Waals surface area contributed by atoms with Gasteiger partial charge in [-0.3, -0.25) is 4.90 Å². The number of rotatable bonds is 5. The zero-order chi connectivity index (χ0) is 8.81. The molecule has 0 unspecified atom stereocenters. The molecule has 1 heterocycles. The van der Waals surface area contributed by atoms with Crippen LogP contribution in [-0.4, -0.2) is 43.8 Å². The van der Waals surface area contributed by atoms with Crippen LogP contribution in [0.5, 0.6) is 0 Å². The quantitative estimate of drug-likeness (QED) is 0.654. The molecule has 2 N–H and O–H groups in total. The second-order valence-electron chi connectivity index (χ2n) is 3.32. The summed E-state index contributed by atoms with van der Waals surface area (Å²) in [5, 5.41) is 0. The van der Waals surface area contributed by atoms with Gasteiger partial charge < -0.3 is 10.5 Å². The minimum atomic E-state index is 0.469. The third-order valence-electron chi connectivity index (χ3n) is 2.38.